The van der Waals surface area contributed by atoms with Crippen molar-refractivity contribution in [2.75, 3.05) is 7.05 Å². The third-order valence-electron chi connectivity index (χ3n) is 3.71. The molecule has 2 aromatic heterocycles. The van der Waals surface area contributed by atoms with Crippen LogP contribution < -0.4 is 10.6 Å². The van der Waals surface area contributed by atoms with Gasteiger partial charge in [-0.05, 0) is 30.4 Å². The molecule has 22 heavy (non-hydrogen) atoms. The third-order valence-corrected chi connectivity index (χ3v) is 4.73. The standard InChI is InChI=1S/C14H20N6S.HI/c1-10-5-7-21-11(10)8-16-14(15-2)17-9-13-19-18-12-4-3-6-20(12)13;/h5,7H,3-4,6,8-9H2,1-2H3,(H2,15,16,17);1H. The Balaban J connectivity index is 0.00000176. The number of rotatable bonds is 4. The Morgan fingerprint density at radius 2 is 2.18 bits per heavy atom. The lowest BCUT2D eigenvalue weighted by Crippen LogP contribution is -2.36. The number of nitrogens with zero attached hydrogens (tertiary/aromatic N) is 4. The van der Waals surface area contributed by atoms with Gasteiger partial charge in [-0.3, -0.25) is 4.99 Å². The first-order valence-corrected chi connectivity index (χ1v) is 8.04. The molecule has 1 aliphatic rings. The first-order chi connectivity index (χ1) is 10.3. The van der Waals surface area contributed by atoms with Crippen LogP contribution >= 0.6 is 35.3 Å². The maximum absolute atomic E-state index is 4.25. The van der Waals surface area contributed by atoms with Crippen LogP contribution in [0.1, 0.15) is 28.5 Å². The van der Waals surface area contributed by atoms with Gasteiger partial charge in [-0.2, -0.15) is 0 Å². The molecule has 0 saturated heterocycles. The molecule has 120 valence electrons. The van der Waals surface area contributed by atoms with Crippen molar-refractivity contribution in [3.05, 3.63) is 33.5 Å². The van der Waals surface area contributed by atoms with E-state index >= 15 is 0 Å². The van der Waals surface area contributed by atoms with E-state index in [9.17, 15) is 0 Å². The number of aliphatic imine (C=N–C) groups is 1. The predicted octanol–water partition coefficient (Wildman–Crippen LogP) is 2.08. The van der Waals surface area contributed by atoms with E-state index in [0.29, 0.717) is 6.54 Å². The van der Waals surface area contributed by atoms with Crippen LogP contribution in [0.15, 0.2) is 16.4 Å². The highest BCUT2D eigenvalue weighted by Gasteiger charge is 2.17. The van der Waals surface area contributed by atoms with Crippen LogP contribution in [0, 0.1) is 6.92 Å². The van der Waals surface area contributed by atoms with Gasteiger partial charge in [0.25, 0.3) is 0 Å². The van der Waals surface area contributed by atoms with Gasteiger partial charge in [-0.1, -0.05) is 0 Å². The summed E-state index contributed by atoms with van der Waals surface area (Å²) in [5.74, 6) is 2.87. The molecule has 0 fully saturated rings. The Morgan fingerprint density at radius 3 is 2.91 bits per heavy atom. The van der Waals surface area contributed by atoms with Crippen LogP contribution in [0.3, 0.4) is 0 Å². The summed E-state index contributed by atoms with van der Waals surface area (Å²) in [5, 5.41) is 17.2. The SMILES string of the molecule is CN=C(NCc1sccc1C)NCc1nnc2n1CCC2.I. The Hall–Kier alpha value is -1.16. The zero-order valence-corrected chi connectivity index (χ0v) is 15.9. The maximum atomic E-state index is 4.25. The summed E-state index contributed by atoms with van der Waals surface area (Å²) in [7, 11) is 1.78. The fourth-order valence-electron chi connectivity index (χ4n) is 2.47. The van der Waals surface area contributed by atoms with Crippen molar-refractivity contribution in [2.45, 2.75) is 39.4 Å². The Kier molecular flexibility index (Phi) is 6.18. The summed E-state index contributed by atoms with van der Waals surface area (Å²) in [4.78, 5) is 5.59. The molecule has 0 atom stereocenters. The lowest BCUT2D eigenvalue weighted by molar-refractivity contribution is 0.663. The molecule has 0 unspecified atom stereocenters. The lowest BCUT2D eigenvalue weighted by Gasteiger charge is -2.11. The van der Waals surface area contributed by atoms with Gasteiger partial charge < -0.3 is 15.2 Å². The first kappa shape index (κ1) is 17.2. The van der Waals surface area contributed by atoms with Crippen molar-refractivity contribution in [1.29, 1.82) is 0 Å². The number of nitrogens with one attached hydrogen (secondary N) is 2. The Labute approximate surface area is 151 Å². The number of guanidine groups is 1. The van der Waals surface area contributed by atoms with Gasteiger partial charge in [0.1, 0.15) is 5.82 Å². The topological polar surface area (TPSA) is 67.1 Å². The second-order valence-corrected chi connectivity index (χ2v) is 6.09. The highest BCUT2D eigenvalue weighted by Crippen LogP contribution is 2.15. The zero-order chi connectivity index (χ0) is 14.7. The molecule has 0 radical (unpaired) electrons. The second kappa shape index (κ2) is 7.91. The van der Waals surface area contributed by atoms with Crippen molar-refractivity contribution in [3.63, 3.8) is 0 Å². The minimum atomic E-state index is 0. The first-order valence-electron chi connectivity index (χ1n) is 7.16. The molecule has 8 heteroatoms. The lowest BCUT2D eigenvalue weighted by atomic mass is 10.3. The molecule has 0 spiro atoms. The second-order valence-electron chi connectivity index (χ2n) is 5.09. The zero-order valence-electron chi connectivity index (χ0n) is 12.8. The molecule has 2 N–H and O–H groups in total. The number of hydrogen-bond acceptors (Lipinski definition) is 4. The smallest absolute Gasteiger partial charge is 0.191 e. The number of fused-ring (bicyclic) bond motifs is 1. The van der Waals surface area contributed by atoms with Crippen LogP contribution in [0.25, 0.3) is 0 Å². The van der Waals surface area contributed by atoms with E-state index in [2.05, 4.69) is 48.8 Å². The molecule has 2 aromatic rings. The number of aryl methyl sites for hydroxylation is 2. The van der Waals surface area contributed by atoms with E-state index < -0.39 is 0 Å². The van der Waals surface area contributed by atoms with Gasteiger partial charge in [0.15, 0.2) is 11.8 Å². The molecule has 3 rings (SSSR count). The minimum Gasteiger partial charge on any atom is -0.352 e. The quantitative estimate of drug-likeness (QED) is 0.441. The summed E-state index contributed by atoms with van der Waals surface area (Å²) < 4.78 is 2.20. The summed E-state index contributed by atoms with van der Waals surface area (Å²) in [6, 6.07) is 2.14. The number of halogens is 1. The van der Waals surface area contributed by atoms with Gasteiger partial charge in [0.2, 0.25) is 0 Å². The summed E-state index contributed by atoms with van der Waals surface area (Å²) in [5.41, 5.74) is 1.32. The Bertz CT molecular complexity index is 648. The van der Waals surface area contributed by atoms with E-state index in [1.54, 1.807) is 18.4 Å². The Morgan fingerprint density at radius 1 is 1.36 bits per heavy atom. The van der Waals surface area contributed by atoms with E-state index in [1.165, 1.54) is 16.9 Å². The predicted molar refractivity (Wildman–Crippen MR) is 99.9 cm³/mol. The van der Waals surface area contributed by atoms with Crippen LogP contribution in [-0.4, -0.2) is 27.8 Å². The third kappa shape index (κ3) is 3.78. The van der Waals surface area contributed by atoms with E-state index in [1.807, 2.05) is 0 Å². The molecular weight excluding hydrogens is 411 g/mol. The van der Waals surface area contributed by atoms with Crippen LogP contribution in [0.2, 0.25) is 0 Å². The highest BCUT2D eigenvalue weighted by atomic mass is 127. The maximum Gasteiger partial charge on any atom is 0.191 e. The van der Waals surface area contributed by atoms with Crippen molar-refractivity contribution < 1.29 is 0 Å². The molecule has 0 bridgehead atoms. The van der Waals surface area contributed by atoms with Gasteiger partial charge >= 0.3 is 0 Å². The van der Waals surface area contributed by atoms with E-state index in [4.69, 9.17) is 0 Å². The number of hydrogen-bond donors (Lipinski definition) is 2. The van der Waals surface area contributed by atoms with Crippen molar-refractivity contribution in [3.8, 4) is 0 Å². The molecular formula is C14H21IN6S. The van der Waals surface area contributed by atoms with Gasteiger partial charge in [0.05, 0.1) is 13.1 Å². The van der Waals surface area contributed by atoms with Crippen LogP contribution in [0.5, 0.6) is 0 Å². The van der Waals surface area contributed by atoms with E-state index in [-0.39, 0.29) is 24.0 Å². The van der Waals surface area contributed by atoms with Crippen molar-refractivity contribution in [1.82, 2.24) is 25.4 Å². The normalized spacial score (nSPS) is 13.6. The van der Waals surface area contributed by atoms with Gasteiger partial charge in [-0.15, -0.1) is 45.5 Å². The summed E-state index contributed by atoms with van der Waals surface area (Å²) in [6.45, 7) is 4.60. The summed E-state index contributed by atoms with van der Waals surface area (Å²) >= 11 is 1.76. The molecule has 0 saturated carbocycles. The largest absolute Gasteiger partial charge is 0.352 e. The van der Waals surface area contributed by atoms with Crippen LogP contribution in [0.4, 0.5) is 0 Å². The number of aromatic nitrogens is 3. The molecule has 0 aromatic carbocycles. The summed E-state index contributed by atoms with van der Waals surface area (Å²) in [6.07, 6.45) is 2.21. The van der Waals surface area contributed by atoms with E-state index in [0.717, 1.165) is 37.1 Å². The van der Waals surface area contributed by atoms with Crippen LogP contribution in [-0.2, 0) is 26.1 Å². The number of thiophene rings is 1. The van der Waals surface area contributed by atoms with Gasteiger partial charge in [0, 0.05) is 24.9 Å². The molecule has 0 aliphatic carbocycles. The van der Waals surface area contributed by atoms with Gasteiger partial charge in [-0.25, -0.2) is 0 Å². The fraction of sp³-hybridized carbons (Fsp3) is 0.500. The van der Waals surface area contributed by atoms with Crippen molar-refractivity contribution >= 4 is 41.3 Å². The monoisotopic (exact) mass is 432 g/mol. The molecule has 6 nitrogen and oxygen atoms in total. The minimum absolute atomic E-state index is 0. The van der Waals surface area contributed by atoms with Crippen molar-refractivity contribution in [2.24, 2.45) is 4.99 Å². The fourth-order valence-corrected chi connectivity index (χ4v) is 3.32. The highest BCUT2D eigenvalue weighted by molar-refractivity contribution is 14.0. The molecule has 1 aliphatic heterocycles. The molecule has 0 amide bonds. The average Bonchev–Trinajstić information content (AvgIpc) is 3.17. The molecule has 3 heterocycles. The average molecular weight is 432 g/mol.